The number of aromatic nitrogens is 6. The van der Waals surface area contributed by atoms with Gasteiger partial charge in [0.25, 0.3) is 0 Å². The highest BCUT2D eigenvalue weighted by molar-refractivity contribution is 6.09. The van der Waals surface area contributed by atoms with Crippen molar-refractivity contribution in [2.24, 2.45) is 0 Å². The van der Waals surface area contributed by atoms with Gasteiger partial charge in [0.15, 0.2) is 23.3 Å². The van der Waals surface area contributed by atoms with E-state index in [1.54, 1.807) is 0 Å². The molecular weight excluding hydrogens is 913 g/mol. The van der Waals surface area contributed by atoms with E-state index in [0.717, 1.165) is 56.0 Å². The first-order valence-corrected chi connectivity index (χ1v) is 25.5. The molecule has 3 heterocycles. The predicted molar refractivity (Wildman–Crippen MR) is 303 cm³/mol. The number of para-hydroxylation sites is 2. The van der Waals surface area contributed by atoms with Crippen molar-refractivity contribution in [3.05, 3.63) is 288 Å². The fraction of sp³-hybridized carbons (Fsp3) is 0.0290. The maximum Gasteiger partial charge on any atom is 0.164 e. The fourth-order valence-electron chi connectivity index (χ4n) is 11.8. The van der Waals surface area contributed by atoms with Gasteiger partial charge in [-0.2, -0.15) is 0 Å². The molecular formula is C69H44N6. The van der Waals surface area contributed by atoms with E-state index in [-0.39, 0.29) is 11.8 Å². The van der Waals surface area contributed by atoms with Crippen molar-refractivity contribution >= 4 is 21.8 Å². The highest BCUT2D eigenvalue weighted by Crippen LogP contribution is 2.57. The molecule has 16 rings (SSSR count). The monoisotopic (exact) mass is 956 g/mol. The van der Waals surface area contributed by atoms with Crippen molar-refractivity contribution in [3.8, 4) is 84.9 Å². The van der Waals surface area contributed by atoms with Gasteiger partial charge in [-0.25, -0.2) is 24.9 Å². The van der Waals surface area contributed by atoms with E-state index < -0.39 is 0 Å². The number of hydrogen-bond donors (Lipinski definition) is 0. The lowest BCUT2D eigenvalue weighted by atomic mass is 9.60. The molecule has 2 unspecified atom stereocenters. The minimum absolute atomic E-state index is 0.0624. The molecule has 6 nitrogen and oxygen atoms in total. The first-order valence-electron chi connectivity index (χ1n) is 25.5. The zero-order chi connectivity index (χ0) is 49.4. The predicted octanol–water partition coefficient (Wildman–Crippen LogP) is 16.4. The third-order valence-electron chi connectivity index (χ3n) is 15.2. The zero-order valence-corrected chi connectivity index (χ0v) is 40.6. The van der Waals surface area contributed by atoms with Gasteiger partial charge in [0, 0.05) is 61.7 Å². The standard InChI is InChI=1S/C69H44N6/c1-4-17-44(18-5-1)66-70-60(43-31-35-51(36-32-43)75-62-29-14-12-25-52(62)53-26-13-15-30-63(53)75)42-61(71-66)49-24-16-23-47(39-49)48-33-37-56-58(40-48)64-54-27-10-11-28-55(54)65(56)59-41-50(34-38-57(59)64)69-73-67(45-19-6-2-7-20-45)72-68(74-69)46-21-8-3-9-22-46/h1-42,64-65H. The van der Waals surface area contributed by atoms with Crippen molar-refractivity contribution < 1.29 is 0 Å². The molecule has 0 fully saturated rings. The van der Waals surface area contributed by atoms with Gasteiger partial charge in [-0.05, 0) is 93.0 Å². The Bertz CT molecular complexity index is 4250. The minimum Gasteiger partial charge on any atom is -0.309 e. The summed E-state index contributed by atoms with van der Waals surface area (Å²) < 4.78 is 2.35. The molecule has 0 spiro atoms. The lowest BCUT2D eigenvalue weighted by Crippen LogP contribution is -2.27. The topological polar surface area (TPSA) is 69.4 Å². The number of hydrogen-bond acceptors (Lipinski definition) is 5. The van der Waals surface area contributed by atoms with E-state index in [2.05, 4.69) is 205 Å². The second-order valence-corrected chi connectivity index (χ2v) is 19.5. The Hall–Kier alpha value is -9.91. The summed E-state index contributed by atoms with van der Waals surface area (Å²) >= 11 is 0. The zero-order valence-electron chi connectivity index (χ0n) is 40.6. The van der Waals surface area contributed by atoms with Crippen LogP contribution < -0.4 is 0 Å². The van der Waals surface area contributed by atoms with Crippen LogP contribution in [0.5, 0.6) is 0 Å². The number of fused-ring (bicyclic) bond motifs is 3. The molecule has 3 aliphatic carbocycles. The number of rotatable bonds is 8. The smallest absolute Gasteiger partial charge is 0.164 e. The number of nitrogens with zero attached hydrogens (tertiary/aromatic N) is 6. The molecule has 0 radical (unpaired) electrons. The van der Waals surface area contributed by atoms with E-state index in [1.807, 2.05) is 54.6 Å². The molecule has 2 bridgehead atoms. The Kier molecular flexibility index (Phi) is 9.91. The van der Waals surface area contributed by atoms with Gasteiger partial charge in [-0.15, -0.1) is 0 Å². The normalized spacial score (nSPS) is 14.1. The van der Waals surface area contributed by atoms with E-state index in [0.29, 0.717) is 23.3 Å². The Morgan fingerprint density at radius 2 is 0.627 bits per heavy atom. The molecule has 0 saturated carbocycles. The van der Waals surface area contributed by atoms with Crippen molar-refractivity contribution in [1.82, 2.24) is 29.5 Å². The van der Waals surface area contributed by atoms with Gasteiger partial charge in [0.1, 0.15) is 0 Å². The molecule has 10 aromatic carbocycles. The molecule has 3 aromatic heterocycles. The second kappa shape index (κ2) is 17.4. The van der Waals surface area contributed by atoms with E-state index in [9.17, 15) is 0 Å². The van der Waals surface area contributed by atoms with Crippen LogP contribution in [0.1, 0.15) is 45.2 Å². The minimum atomic E-state index is 0.0624. The van der Waals surface area contributed by atoms with Crippen molar-refractivity contribution in [1.29, 1.82) is 0 Å². The summed E-state index contributed by atoms with van der Waals surface area (Å²) in [6.45, 7) is 0. The molecule has 2 atom stereocenters. The molecule has 0 aliphatic heterocycles. The van der Waals surface area contributed by atoms with Crippen molar-refractivity contribution in [2.45, 2.75) is 11.8 Å². The Balaban J connectivity index is 0.797. The molecule has 0 N–H and O–H groups in total. The summed E-state index contributed by atoms with van der Waals surface area (Å²) in [6.07, 6.45) is 0. The molecule has 6 heteroatoms. The van der Waals surface area contributed by atoms with Crippen LogP contribution in [-0.4, -0.2) is 29.5 Å². The third-order valence-corrected chi connectivity index (χ3v) is 15.2. The van der Waals surface area contributed by atoms with E-state index >= 15 is 0 Å². The average Bonchev–Trinajstić information content (AvgIpc) is 3.84. The molecule has 3 aliphatic rings. The summed E-state index contributed by atoms with van der Waals surface area (Å²) in [5.41, 5.74) is 21.5. The first-order chi connectivity index (χ1) is 37.2. The molecule has 350 valence electrons. The van der Waals surface area contributed by atoms with Crippen LogP contribution in [0, 0.1) is 0 Å². The first kappa shape index (κ1) is 42.7. The second-order valence-electron chi connectivity index (χ2n) is 19.5. The van der Waals surface area contributed by atoms with Crippen LogP contribution in [0.25, 0.3) is 107 Å². The quantitative estimate of drug-likeness (QED) is 0.152. The van der Waals surface area contributed by atoms with Crippen LogP contribution in [0.2, 0.25) is 0 Å². The summed E-state index contributed by atoms with van der Waals surface area (Å²) in [6, 6.07) is 90.6. The lowest BCUT2D eigenvalue weighted by Gasteiger charge is -2.42. The van der Waals surface area contributed by atoms with E-state index in [4.69, 9.17) is 24.9 Å². The summed E-state index contributed by atoms with van der Waals surface area (Å²) in [5, 5.41) is 2.49. The van der Waals surface area contributed by atoms with Crippen LogP contribution in [-0.2, 0) is 0 Å². The SMILES string of the molecule is c1ccc(-c2nc(-c3ccc(-n4c5ccccc5c5ccccc54)cc3)cc(-c3cccc(-c4ccc5c(c4)C4c6ccccc6C5c5cc(-c6nc(-c7ccccc7)nc(-c7ccccc7)n6)ccc54)c3)n2)cc1. The van der Waals surface area contributed by atoms with Gasteiger partial charge in [0.05, 0.1) is 22.4 Å². The summed E-state index contributed by atoms with van der Waals surface area (Å²) in [4.78, 5) is 25.7. The molecule has 13 aromatic rings. The maximum atomic E-state index is 5.25. The van der Waals surface area contributed by atoms with Crippen molar-refractivity contribution in [3.63, 3.8) is 0 Å². The fourth-order valence-corrected chi connectivity index (χ4v) is 11.8. The van der Waals surface area contributed by atoms with Gasteiger partial charge in [0.2, 0.25) is 0 Å². The van der Waals surface area contributed by atoms with Crippen LogP contribution in [0.3, 0.4) is 0 Å². The summed E-state index contributed by atoms with van der Waals surface area (Å²) in [5.74, 6) is 2.80. The van der Waals surface area contributed by atoms with Crippen LogP contribution in [0.15, 0.2) is 255 Å². The van der Waals surface area contributed by atoms with Crippen molar-refractivity contribution in [2.75, 3.05) is 0 Å². The van der Waals surface area contributed by atoms with Crippen LogP contribution >= 0.6 is 0 Å². The van der Waals surface area contributed by atoms with Crippen LogP contribution in [0.4, 0.5) is 0 Å². The summed E-state index contributed by atoms with van der Waals surface area (Å²) in [7, 11) is 0. The van der Waals surface area contributed by atoms with Gasteiger partial charge in [-0.1, -0.05) is 206 Å². The van der Waals surface area contributed by atoms with Gasteiger partial charge >= 0.3 is 0 Å². The molecule has 75 heavy (non-hydrogen) atoms. The van der Waals surface area contributed by atoms with E-state index in [1.165, 1.54) is 60.8 Å². The lowest BCUT2D eigenvalue weighted by molar-refractivity contribution is 0.755. The number of benzene rings is 10. The van der Waals surface area contributed by atoms with Gasteiger partial charge in [-0.3, -0.25) is 0 Å². The Morgan fingerprint density at radius 1 is 0.240 bits per heavy atom. The maximum absolute atomic E-state index is 5.25. The van der Waals surface area contributed by atoms with Gasteiger partial charge < -0.3 is 4.57 Å². The highest BCUT2D eigenvalue weighted by Gasteiger charge is 2.41. The molecule has 0 amide bonds. The highest BCUT2D eigenvalue weighted by atomic mass is 15.0. The Morgan fingerprint density at radius 3 is 1.19 bits per heavy atom. The largest absolute Gasteiger partial charge is 0.309 e. The Labute approximate surface area is 434 Å². The average molecular weight is 957 g/mol. The molecule has 0 saturated heterocycles. The third kappa shape index (κ3) is 7.21.